The number of hydrogen-bond donors (Lipinski definition) is 1. The second-order valence-electron chi connectivity index (χ2n) is 7.63. The highest BCUT2D eigenvalue weighted by Gasteiger charge is 2.33. The number of para-hydroxylation sites is 2. The van der Waals surface area contributed by atoms with Gasteiger partial charge < -0.3 is 14.6 Å². The molecule has 0 saturated carbocycles. The molecule has 1 atom stereocenters. The number of amides is 1. The molecule has 0 radical (unpaired) electrons. The van der Waals surface area contributed by atoms with Crippen LogP contribution in [-0.4, -0.2) is 37.1 Å². The van der Waals surface area contributed by atoms with E-state index in [-0.39, 0.29) is 25.2 Å². The van der Waals surface area contributed by atoms with Crippen molar-refractivity contribution in [3.63, 3.8) is 0 Å². The molecule has 0 bridgehead atoms. The van der Waals surface area contributed by atoms with Gasteiger partial charge in [-0.3, -0.25) is 4.90 Å². The quantitative estimate of drug-likeness (QED) is 0.695. The minimum atomic E-state index is -0.393. The molecule has 3 aromatic rings. The van der Waals surface area contributed by atoms with Crippen LogP contribution in [0.2, 0.25) is 0 Å². The number of fused-ring (bicyclic) bond motifs is 4. The number of hydrogen-bond acceptors (Lipinski definition) is 4. The van der Waals surface area contributed by atoms with E-state index in [9.17, 15) is 9.90 Å². The predicted octanol–water partition coefficient (Wildman–Crippen LogP) is 4.59. The van der Waals surface area contributed by atoms with Crippen LogP contribution >= 0.6 is 0 Å². The van der Waals surface area contributed by atoms with Crippen LogP contribution in [0, 0.1) is 0 Å². The van der Waals surface area contributed by atoms with Crippen molar-refractivity contribution in [2.75, 3.05) is 24.7 Å². The topological polar surface area (TPSA) is 59.0 Å². The molecule has 0 saturated heterocycles. The molecule has 1 N–H and O–H groups in total. The van der Waals surface area contributed by atoms with Crippen LogP contribution < -0.4 is 9.64 Å². The minimum Gasteiger partial charge on any atom is -0.486 e. The van der Waals surface area contributed by atoms with Crippen LogP contribution in [0.4, 0.5) is 10.5 Å². The lowest BCUT2D eigenvalue weighted by Gasteiger charge is -2.34. The summed E-state index contributed by atoms with van der Waals surface area (Å²) in [6.45, 7) is 0.636. The van der Waals surface area contributed by atoms with Gasteiger partial charge in [0, 0.05) is 18.9 Å². The molecule has 2 aliphatic rings. The molecule has 1 amide bonds. The van der Waals surface area contributed by atoms with Crippen LogP contribution in [0.15, 0.2) is 72.8 Å². The first-order valence-electron chi connectivity index (χ1n) is 10.3. The molecule has 5 nitrogen and oxygen atoms in total. The van der Waals surface area contributed by atoms with E-state index < -0.39 is 6.09 Å². The summed E-state index contributed by atoms with van der Waals surface area (Å²) in [5.74, 6) is 0.654. The molecular weight excluding hydrogens is 378 g/mol. The summed E-state index contributed by atoms with van der Waals surface area (Å²) in [5, 5.41) is 9.31. The molecule has 3 aromatic carbocycles. The Morgan fingerprint density at radius 2 is 1.60 bits per heavy atom. The zero-order chi connectivity index (χ0) is 20.5. The highest BCUT2D eigenvalue weighted by atomic mass is 16.6. The standard InChI is InChI=1S/C25H23NO4/c27-14-13-17-15-26(23-11-5-6-12-24(23)30-17)25(28)29-16-22-20-9-3-1-7-18(20)19-8-2-4-10-21(19)22/h1-12,17,22,27H,13-16H2. The number of carbonyl (C=O) groups excluding carboxylic acids is 1. The zero-order valence-corrected chi connectivity index (χ0v) is 16.5. The smallest absolute Gasteiger partial charge is 0.414 e. The molecule has 5 heteroatoms. The Balaban J connectivity index is 1.38. The Kier molecular flexibility index (Phi) is 4.89. The van der Waals surface area contributed by atoms with Gasteiger partial charge in [-0.2, -0.15) is 0 Å². The molecule has 5 rings (SSSR count). The lowest BCUT2D eigenvalue weighted by Crippen LogP contribution is -2.44. The van der Waals surface area contributed by atoms with Gasteiger partial charge in [-0.1, -0.05) is 60.7 Å². The summed E-state index contributed by atoms with van der Waals surface area (Å²) >= 11 is 0. The van der Waals surface area contributed by atoms with Crippen LogP contribution in [0.5, 0.6) is 5.75 Å². The van der Waals surface area contributed by atoms with E-state index in [0.29, 0.717) is 24.4 Å². The number of anilines is 1. The van der Waals surface area contributed by atoms with Gasteiger partial charge in [0.15, 0.2) is 0 Å². The van der Waals surface area contributed by atoms with Gasteiger partial charge in [-0.15, -0.1) is 0 Å². The SMILES string of the molecule is O=C(OCC1c2ccccc2-c2ccccc21)N1CC(CCO)Oc2ccccc21. The van der Waals surface area contributed by atoms with E-state index in [4.69, 9.17) is 9.47 Å². The number of aliphatic hydroxyl groups is 1. The number of benzene rings is 3. The van der Waals surface area contributed by atoms with Gasteiger partial charge in [0.25, 0.3) is 0 Å². The van der Waals surface area contributed by atoms with Crippen LogP contribution in [0.25, 0.3) is 11.1 Å². The first-order chi connectivity index (χ1) is 14.8. The van der Waals surface area contributed by atoms with Crippen molar-refractivity contribution in [1.82, 2.24) is 0 Å². The summed E-state index contributed by atoms with van der Waals surface area (Å²) < 4.78 is 11.7. The number of rotatable bonds is 4. The normalized spacial score (nSPS) is 17.0. The summed E-state index contributed by atoms with van der Waals surface area (Å²) in [7, 11) is 0. The summed E-state index contributed by atoms with van der Waals surface area (Å²) in [4.78, 5) is 14.7. The van der Waals surface area contributed by atoms with Crippen LogP contribution in [0.3, 0.4) is 0 Å². The van der Waals surface area contributed by atoms with Crippen molar-refractivity contribution < 1.29 is 19.4 Å². The highest BCUT2D eigenvalue weighted by Crippen LogP contribution is 2.44. The van der Waals surface area contributed by atoms with Gasteiger partial charge in [0.2, 0.25) is 0 Å². The van der Waals surface area contributed by atoms with Gasteiger partial charge in [-0.05, 0) is 34.4 Å². The predicted molar refractivity (Wildman–Crippen MR) is 115 cm³/mol. The van der Waals surface area contributed by atoms with Crippen molar-refractivity contribution in [3.8, 4) is 16.9 Å². The van der Waals surface area contributed by atoms with E-state index in [1.807, 2.05) is 48.5 Å². The van der Waals surface area contributed by atoms with E-state index in [1.54, 1.807) is 4.90 Å². The molecule has 0 spiro atoms. The Labute approximate surface area is 175 Å². The molecule has 1 aliphatic carbocycles. The number of ether oxygens (including phenoxy) is 2. The van der Waals surface area contributed by atoms with E-state index in [1.165, 1.54) is 22.3 Å². The maximum Gasteiger partial charge on any atom is 0.414 e. The monoisotopic (exact) mass is 401 g/mol. The summed E-state index contributed by atoms with van der Waals surface area (Å²) in [6.07, 6.45) is -0.192. The van der Waals surface area contributed by atoms with E-state index in [0.717, 1.165) is 0 Å². The Bertz CT molecular complexity index is 1030. The fourth-order valence-electron chi connectivity index (χ4n) is 4.44. The lowest BCUT2D eigenvalue weighted by atomic mass is 9.98. The maximum atomic E-state index is 13.1. The van der Waals surface area contributed by atoms with Crippen molar-refractivity contribution in [3.05, 3.63) is 83.9 Å². The number of aliphatic hydroxyl groups excluding tert-OH is 1. The Morgan fingerprint density at radius 1 is 0.967 bits per heavy atom. The zero-order valence-electron chi connectivity index (χ0n) is 16.5. The second-order valence-corrected chi connectivity index (χ2v) is 7.63. The minimum absolute atomic E-state index is 0.00532. The lowest BCUT2D eigenvalue weighted by molar-refractivity contribution is 0.127. The Morgan fingerprint density at radius 3 is 2.30 bits per heavy atom. The van der Waals surface area contributed by atoms with Gasteiger partial charge in [0.05, 0.1) is 12.2 Å². The Hall–Kier alpha value is -3.31. The van der Waals surface area contributed by atoms with Crippen molar-refractivity contribution in [1.29, 1.82) is 0 Å². The van der Waals surface area contributed by atoms with Gasteiger partial charge in [0.1, 0.15) is 18.5 Å². The summed E-state index contributed by atoms with van der Waals surface area (Å²) in [6, 6.07) is 24.0. The third kappa shape index (κ3) is 3.21. The van der Waals surface area contributed by atoms with Crippen LogP contribution in [-0.2, 0) is 4.74 Å². The van der Waals surface area contributed by atoms with E-state index >= 15 is 0 Å². The molecule has 1 unspecified atom stereocenters. The molecule has 152 valence electrons. The fourth-order valence-corrected chi connectivity index (χ4v) is 4.44. The summed E-state index contributed by atoms with van der Waals surface area (Å²) in [5.41, 5.74) is 5.48. The third-order valence-electron chi connectivity index (χ3n) is 5.84. The number of nitrogens with zero attached hydrogens (tertiary/aromatic N) is 1. The third-order valence-corrected chi connectivity index (χ3v) is 5.84. The molecule has 0 aromatic heterocycles. The second kappa shape index (κ2) is 7.84. The van der Waals surface area contributed by atoms with E-state index in [2.05, 4.69) is 24.3 Å². The highest BCUT2D eigenvalue weighted by molar-refractivity contribution is 5.90. The maximum absolute atomic E-state index is 13.1. The number of carbonyl (C=O) groups is 1. The van der Waals surface area contributed by atoms with Gasteiger partial charge in [-0.25, -0.2) is 4.79 Å². The molecular formula is C25H23NO4. The van der Waals surface area contributed by atoms with Crippen molar-refractivity contribution in [2.45, 2.75) is 18.4 Å². The first kappa shape index (κ1) is 18.7. The van der Waals surface area contributed by atoms with Crippen molar-refractivity contribution in [2.24, 2.45) is 0 Å². The molecule has 1 heterocycles. The average molecular weight is 401 g/mol. The van der Waals surface area contributed by atoms with Crippen molar-refractivity contribution >= 4 is 11.8 Å². The molecule has 0 fully saturated rings. The molecule has 1 aliphatic heterocycles. The first-order valence-corrected chi connectivity index (χ1v) is 10.3. The van der Waals surface area contributed by atoms with Gasteiger partial charge >= 0.3 is 6.09 Å². The molecule has 30 heavy (non-hydrogen) atoms. The average Bonchev–Trinajstić information content (AvgIpc) is 3.11. The largest absolute Gasteiger partial charge is 0.486 e. The van der Waals surface area contributed by atoms with Crippen LogP contribution in [0.1, 0.15) is 23.5 Å². The fraction of sp³-hybridized carbons (Fsp3) is 0.240.